The molecule has 0 unspecified atom stereocenters. The van der Waals surface area contributed by atoms with Crippen LogP contribution in [0.15, 0.2) is 86.0 Å². The van der Waals surface area contributed by atoms with Crippen LogP contribution in [0.25, 0.3) is 11.4 Å². The topological polar surface area (TPSA) is 56.0 Å². The minimum absolute atomic E-state index is 0. The van der Waals surface area contributed by atoms with Crippen molar-refractivity contribution >= 4 is 17.3 Å². The van der Waals surface area contributed by atoms with Crippen LogP contribution in [0.5, 0.6) is 0 Å². The molecule has 0 saturated heterocycles. The molecule has 0 aliphatic carbocycles. The van der Waals surface area contributed by atoms with Crippen LogP contribution in [-0.2, 0) is 25.9 Å². The van der Waals surface area contributed by atoms with Gasteiger partial charge in [0, 0.05) is 24.8 Å². The quantitative estimate of drug-likeness (QED) is 0.284. The largest absolute Gasteiger partial charge is 2.00 e. The van der Waals surface area contributed by atoms with E-state index in [4.69, 9.17) is 0 Å². The Balaban J connectivity index is 0.00000225. The summed E-state index contributed by atoms with van der Waals surface area (Å²) in [6.45, 7) is 3.62. The van der Waals surface area contributed by atoms with Gasteiger partial charge in [0.05, 0.1) is 0 Å². The summed E-state index contributed by atoms with van der Waals surface area (Å²) < 4.78 is 3.37. The summed E-state index contributed by atoms with van der Waals surface area (Å²) in [6.07, 6.45) is 8.28. The molecule has 6 nitrogen and oxygen atoms in total. The van der Waals surface area contributed by atoms with Crippen LogP contribution in [0.1, 0.15) is 0 Å². The third kappa shape index (κ3) is 3.87. The molecule has 4 aromatic rings. The molecule has 0 saturated carbocycles. The normalized spacial score (nSPS) is 10.1. The second-order valence-corrected chi connectivity index (χ2v) is 5.62. The zero-order valence-electron chi connectivity index (χ0n) is 14.7. The molecule has 0 spiro atoms. The number of nitrogens with zero attached hydrogens (tertiary/aromatic N) is 5. The van der Waals surface area contributed by atoms with E-state index in [1.807, 2.05) is 60.9 Å². The van der Waals surface area contributed by atoms with Crippen molar-refractivity contribution in [3.8, 4) is 11.4 Å². The Hall–Kier alpha value is -3.24. The van der Waals surface area contributed by atoms with Crippen LogP contribution in [0.2, 0.25) is 0 Å². The number of hydrogen-bond donors (Lipinski definition) is 0. The number of carbonyl (C=O) groups excluding carboxylic acids is 1. The molecule has 0 fully saturated rings. The Morgan fingerprint density at radius 1 is 0.893 bits per heavy atom. The fraction of sp³-hybridized carbons (Fsp3) is 0. The predicted octanol–water partition coefficient (Wildman–Crippen LogP) is 3.51. The van der Waals surface area contributed by atoms with Gasteiger partial charge in [-0.2, -0.15) is 22.3 Å². The van der Waals surface area contributed by atoms with Gasteiger partial charge < -0.3 is 4.90 Å². The van der Waals surface area contributed by atoms with E-state index in [0.717, 1.165) is 11.4 Å². The van der Waals surface area contributed by atoms with E-state index in [-0.39, 0.29) is 27.0 Å². The summed E-state index contributed by atoms with van der Waals surface area (Å²) in [5.74, 6) is -0.280. The van der Waals surface area contributed by atoms with Crippen LogP contribution in [0.4, 0.5) is 11.4 Å². The number of carbonyl (C=O) groups is 1. The van der Waals surface area contributed by atoms with Gasteiger partial charge in [-0.3, -0.25) is 14.2 Å². The smallest absolute Gasteiger partial charge is 0.326 e. The first-order chi connectivity index (χ1) is 13.3. The van der Waals surface area contributed by atoms with Crippen molar-refractivity contribution in [3.05, 3.63) is 98.1 Å². The molecule has 2 aromatic carbocycles. The number of aromatic nitrogens is 4. The zero-order chi connectivity index (χ0) is 18.6. The molecule has 0 N–H and O–H groups in total. The summed E-state index contributed by atoms with van der Waals surface area (Å²) in [7, 11) is 0. The number of amides is 1. The van der Waals surface area contributed by atoms with Gasteiger partial charge in [-0.05, 0) is 29.6 Å². The molecule has 1 amide bonds. The Bertz CT molecular complexity index is 996. The fourth-order valence-corrected chi connectivity index (χ4v) is 2.70. The molecule has 0 atom stereocenters. The average Bonchev–Trinajstić information content (AvgIpc) is 3.42. The molecular formula is C21H15N5OPt. The van der Waals surface area contributed by atoms with Gasteiger partial charge in [-0.25, -0.2) is 0 Å². The van der Waals surface area contributed by atoms with Crippen LogP contribution in [-0.4, -0.2) is 25.5 Å². The van der Waals surface area contributed by atoms with Crippen molar-refractivity contribution in [2.24, 2.45) is 0 Å². The van der Waals surface area contributed by atoms with Crippen molar-refractivity contribution in [2.75, 3.05) is 4.90 Å². The molecule has 0 aliphatic rings. The molecule has 2 aromatic heterocycles. The van der Waals surface area contributed by atoms with Crippen LogP contribution in [0, 0.1) is 12.1 Å². The van der Waals surface area contributed by atoms with Gasteiger partial charge >= 0.3 is 21.1 Å². The Morgan fingerprint density at radius 3 is 1.79 bits per heavy atom. The van der Waals surface area contributed by atoms with Crippen LogP contribution < -0.4 is 4.90 Å². The van der Waals surface area contributed by atoms with Crippen LogP contribution in [0.3, 0.4) is 0 Å². The summed E-state index contributed by atoms with van der Waals surface area (Å²) >= 11 is 0. The maximum atomic E-state index is 12.6. The first kappa shape index (κ1) is 19.5. The van der Waals surface area contributed by atoms with Gasteiger partial charge in [0.25, 0.3) is 5.91 Å². The summed E-state index contributed by atoms with van der Waals surface area (Å²) in [4.78, 5) is 14.1. The Labute approximate surface area is 177 Å². The summed E-state index contributed by atoms with van der Waals surface area (Å²) in [5, 5.41) is 8.43. The minimum Gasteiger partial charge on any atom is -0.326 e. The Kier molecular flexibility index (Phi) is 6.02. The monoisotopic (exact) mass is 548 g/mol. The number of benzene rings is 2. The van der Waals surface area contributed by atoms with Gasteiger partial charge in [0.1, 0.15) is 0 Å². The molecular weight excluding hydrogens is 533 g/mol. The van der Waals surface area contributed by atoms with Crippen LogP contribution >= 0.6 is 0 Å². The predicted molar refractivity (Wildman–Crippen MR) is 102 cm³/mol. The van der Waals surface area contributed by atoms with E-state index in [1.54, 1.807) is 21.8 Å². The molecule has 4 rings (SSSR count). The third-order valence-corrected chi connectivity index (χ3v) is 3.91. The molecule has 0 bridgehead atoms. The van der Waals surface area contributed by atoms with Crippen molar-refractivity contribution < 1.29 is 25.9 Å². The summed E-state index contributed by atoms with van der Waals surface area (Å²) in [6, 6.07) is 21.2. The second kappa shape index (κ2) is 8.63. The van der Waals surface area contributed by atoms with E-state index < -0.39 is 0 Å². The van der Waals surface area contributed by atoms with Crippen molar-refractivity contribution in [2.45, 2.75) is 0 Å². The number of rotatable bonds is 5. The van der Waals surface area contributed by atoms with Gasteiger partial charge in [0.15, 0.2) is 0 Å². The second-order valence-electron chi connectivity index (χ2n) is 5.62. The van der Waals surface area contributed by atoms with E-state index in [2.05, 4.69) is 28.9 Å². The number of anilines is 2. The van der Waals surface area contributed by atoms with Gasteiger partial charge in [0.2, 0.25) is 0 Å². The SMILES string of the molecule is C=CC(=O)N(c1[c-]c(-n2cccn2)ccc1)c1[c-]c(-n2cccn2)ccc1.[Pt+2]. The van der Waals surface area contributed by atoms with Gasteiger partial charge in [-0.1, -0.05) is 18.0 Å². The first-order valence-corrected chi connectivity index (χ1v) is 8.27. The van der Waals surface area contributed by atoms with E-state index in [0.29, 0.717) is 11.4 Å². The maximum absolute atomic E-state index is 12.6. The van der Waals surface area contributed by atoms with Crippen molar-refractivity contribution in [1.82, 2.24) is 19.6 Å². The van der Waals surface area contributed by atoms with Crippen molar-refractivity contribution in [1.29, 1.82) is 0 Å². The maximum Gasteiger partial charge on any atom is 2.00 e. The molecule has 28 heavy (non-hydrogen) atoms. The Morgan fingerprint density at radius 2 is 1.39 bits per heavy atom. The molecule has 0 aliphatic heterocycles. The molecule has 7 heteroatoms. The van der Waals surface area contributed by atoms with E-state index in [1.165, 1.54) is 11.0 Å². The van der Waals surface area contributed by atoms with Crippen molar-refractivity contribution in [3.63, 3.8) is 0 Å². The molecule has 140 valence electrons. The first-order valence-electron chi connectivity index (χ1n) is 8.27. The fourth-order valence-electron chi connectivity index (χ4n) is 2.70. The number of hydrogen-bond acceptors (Lipinski definition) is 3. The molecule has 2 heterocycles. The summed E-state index contributed by atoms with van der Waals surface area (Å²) in [5.41, 5.74) is 2.59. The standard InChI is InChI=1S/C21H15N5O.Pt/c1-2-21(27)26(19-9-3-7-17(15-19)24-13-5-11-22-24)20-10-4-8-18(16-20)25-14-6-12-23-25;/h2-14H,1H2;/q-2;+2. The van der Waals surface area contributed by atoms with E-state index in [9.17, 15) is 4.79 Å². The third-order valence-electron chi connectivity index (χ3n) is 3.91. The minimum atomic E-state index is -0.280. The zero-order valence-corrected chi connectivity index (χ0v) is 16.9. The van der Waals surface area contributed by atoms with Gasteiger partial charge in [-0.15, -0.1) is 36.4 Å². The molecule has 0 radical (unpaired) electrons. The average molecular weight is 548 g/mol. The van der Waals surface area contributed by atoms with E-state index >= 15 is 0 Å².